The van der Waals surface area contributed by atoms with Gasteiger partial charge >= 0.3 is 6.09 Å². The summed E-state index contributed by atoms with van der Waals surface area (Å²) in [5.74, 6) is -0.256. The van der Waals surface area contributed by atoms with Crippen molar-refractivity contribution in [3.05, 3.63) is 27.7 Å². The van der Waals surface area contributed by atoms with Crippen molar-refractivity contribution in [1.82, 2.24) is 5.32 Å². The first-order valence-corrected chi connectivity index (χ1v) is 8.98. The predicted octanol–water partition coefficient (Wildman–Crippen LogP) is 3.40. The van der Waals surface area contributed by atoms with Gasteiger partial charge in [-0.25, -0.2) is 13.2 Å². The average molecular weight is 399 g/mol. The van der Waals surface area contributed by atoms with Crippen LogP contribution in [0.4, 0.5) is 4.79 Å². The fourth-order valence-electron chi connectivity index (χ4n) is 1.44. The Bertz CT molecular complexity index is 626. The van der Waals surface area contributed by atoms with Crippen molar-refractivity contribution < 1.29 is 17.9 Å². The second-order valence-corrected chi connectivity index (χ2v) is 8.72. The van der Waals surface area contributed by atoms with Crippen LogP contribution in [-0.2, 0) is 14.6 Å². The first-order chi connectivity index (χ1) is 9.51. The zero-order valence-corrected chi connectivity index (χ0v) is 15.1. The molecule has 0 heterocycles. The van der Waals surface area contributed by atoms with Crippen molar-refractivity contribution in [3.8, 4) is 0 Å². The molecule has 0 atom stereocenters. The van der Waals surface area contributed by atoms with Crippen LogP contribution in [0.25, 0.3) is 0 Å². The van der Waals surface area contributed by atoms with Gasteiger partial charge in [0, 0.05) is 11.0 Å². The van der Waals surface area contributed by atoms with Gasteiger partial charge < -0.3 is 10.1 Å². The van der Waals surface area contributed by atoms with Gasteiger partial charge in [0.1, 0.15) is 5.60 Å². The predicted molar refractivity (Wildman–Crippen MR) is 85.4 cm³/mol. The number of ether oxygens (including phenoxy) is 1. The van der Waals surface area contributed by atoms with E-state index in [0.717, 1.165) is 0 Å². The van der Waals surface area contributed by atoms with E-state index in [2.05, 4.69) is 21.2 Å². The highest BCUT2D eigenvalue weighted by molar-refractivity contribution is 9.10. The summed E-state index contributed by atoms with van der Waals surface area (Å²) in [6.45, 7) is 5.13. The maximum Gasteiger partial charge on any atom is 0.407 e. The number of hydrogen-bond donors (Lipinski definition) is 1. The Morgan fingerprint density at radius 1 is 1.38 bits per heavy atom. The molecule has 0 radical (unpaired) electrons. The third-order valence-corrected chi connectivity index (χ3v) is 4.95. The van der Waals surface area contributed by atoms with Crippen molar-refractivity contribution in [2.75, 3.05) is 12.3 Å². The average Bonchev–Trinajstić information content (AvgIpc) is 2.25. The Balaban J connectivity index is 2.64. The first-order valence-electron chi connectivity index (χ1n) is 6.16. The summed E-state index contributed by atoms with van der Waals surface area (Å²) in [6.07, 6.45) is -0.653. The molecule has 21 heavy (non-hydrogen) atoms. The summed E-state index contributed by atoms with van der Waals surface area (Å²) in [5.41, 5.74) is -0.627. The van der Waals surface area contributed by atoms with Gasteiger partial charge in [0.05, 0.1) is 15.7 Å². The highest BCUT2D eigenvalue weighted by Crippen LogP contribution is 2.25. The van der Waals surface area contributed by atoms with Crippen LogP contribution in [0.2, 0.25) is 5.02 Å². The van der Waals surface area contributed by atoms with Gasteiger partial charge in [-0.15, -0.1) is 0 Å². The largest absolute Gasteiger partial charge is 0.444 e. The van der Waals surface area contributed by atoms with Crippen LogP contribution in [-0.4, -0.2) is 32.4 Å². The van der Waals surface area contributed by atoms with E-state index in [4.69, 9.17) is 16.3 Å². The number of halogens is 2. The van der Waals surface area contributed by atoms with Crippen LogP contribution in [0, 0.1) is 0 Å². The van der Waals surface area contributed by atoms with E-state index < -0.39 is 21.5 Å². The monoisotopic (exact) mass is 397 g/mol. The van der Waals surface area contributed by atoms with Crippen LogP contribution in [0.3, 0.4) is 0 Å². The Labute approximate surface area is 138 Å². The van der Waals surface area contributed by atoms with Crippen molar-refractivity contribution in [2.24, 2.45) is 0 Å². The number of hydrogen-bond acceptors (Lipinski definition) is 4. The molecular weight excluding hydrogens is 382 g/mol. The lowest BCUT2D eigenvalue weighted by Crippen LogP contribution is -2.35. The number of rotatable bonds is 4. The number of benzene rings is 1. The number of carbonyl (C=O) groups excluding carboxylic acids is 1. The number of amides is 1. The van der Waals surface area contributed by atoms with Gasteiger partial charge in [-0.1, -0.05) is 27.5 Å². The molecule has 1 rings (SSSR count). The third kappa shape index (κ3) is 6.23. The smallest absolute Gasteiger partial charge is 0.407 e. The Hall–Kier alpha value is -0.790. The molecule has 5 nitrogen and oxygen atoms in total. The summed E-state index contributed by atoms with van der Waals surface area (Å²) in [4.78, 5) is 11.5. The van der Waals surface area contributed by atoms with E-state index in [1.54, 1.807) is 26.8 Å². The van der Waals surface area contributed by atoms with Crippen LogP contribution in [0.1, 0.15) is 20.8 Å². The van der Waals surface area contributed by atoms with E-state index >= 15 is 0 Å². The van der Waals surface area contributed by atoms with E-state index in [0.29, 0.717) is 4.47 Å². The molecule has 1 amide bonds. The summed E-state index contributed by atoms with van der Waals surface area (Å²) < 4.78 is 30.0. The molecule has 1 N–H and O–H groups in total. The normalized spacial score (nSPS) is 12.0. The van der Waals surface area contributed by atoms with Gasteiger partial charge in [-0.3, -0.25) is 0 Å². The molecule has 8 heteroatoms. The van der Waals surface area contributed by atoms with Crippen LogP contribution in [0.5, 0.6) is 0 Å². The Morgan fingerprint density at radius 2 is 2.00 bits per heavy atom. The van der Waals surface area contributed by atoms with Gasteiger partial charge in [-0.05, 0) is 39.0 Å². The fraction of sp³-hybridized carbons (Fsp3) is 0.462. The highest BCUT2D eigenvalue weighted by Gasteiger charge is 2.20. The molecule has 0 fully saturated rings. The van der Waals surface area contributed by atoms with Crippen LogP contribution >= 0.6 is 27.5 Å². The zero-order chi connectivity index (χ0) is 16.3. The quantitative estimate of drug-likeness (QED) is 0.843. The molecular formula is C13H17BrClNO4S. The summed E-state index contributed by atoms with van der Waals surface area (Å²) in [7, 11) is -3.57. The molecule has 0 spiro atoms. The van der Waals surface area contributed by atoms with Crippen LogP contribution in [0.15, 0.2) is 27.6 Å². The van der Waals surface area contributed by atoms with E-state index in [-0.39, 0.29) is 22.2 Å². The van der Waals surface area contributed by atoms with Gasteiger partial charge in [0.25, 0.3) is 0 Å². The third-order valence-electron chi connectivity index (χ3n) is 2.27. The maximum atomic E-state index is 12.1. The van der Waals surface area contributed by atoms with E-state index in [9.17, 15) is 13.2 Å². The molecule has 0 aliphatic heterocycles. The summed E-state index contributed by atoms with van der Waals surface area (Å²) in [5, 5.41) is 2.54. The first kappa shape index (κ1) is 18.3. The second-order valence-electron chi connectivity index (χ2n) is 5.32. The number of alkyl carbamates (subject to hydrolysis) is 1. The molecule has 0 aliphatic carbocycles. The molecule has 0 bridgehead atoms. The fourth-order valence-corrected chi connectivity index (χ4v) is 3.69. The number of nitrogens with one attached hydrogen (secondary N) is 1. The molecule has 1 aromatic rings. The lowest BCUT2D eigenvalue weighted by Gasteiger charge is -2.19. The SMILES string of the molecule is CC(C)(C)OC(=O)NCCS(=O)(=O)c1ccc(Br)cc1Cl. The van der Waals surface area contributed by atoms with E-state index in [1.807, 2.05) is 0 Å². The highest BCUT2D eigenvalue weighted by atomic mass is 79.9. The van der Waals surface area contributed by atoms with E-state index in [1.165, 1.54) is 12.1 Å². The summed E-state index contributed by atoms with van der Waals surface area (Å²) in [6, 6.07) is 4.53. The maximum absolute atomic E-state index is 12.1. The molecule has 0 aromatic heterocycles. The molecule has 1 aromatic carbocycles. The minimum atomic E-state index is -3.57. The topological polar surface area (TPSA) is 72.5 Å². The minimum absolute atomic E-state index is 0.0401. The van der Waals surface area contributed by atoms with Crippen LogP contribution < -0.4 is 5.32 Å². The zero-order valence-electron chi connectivity index (χ0n) is 11.9. The molecule has 0 saturated carbocycles. The Kier molecular flexibility index (Phi) is 6.07. The molecule has 0 aliphatic rings. The Morgan fingerprint density at radius 3 is 2.52 bits per heavy atom. The van der Waals surface area contributed by atoms with Crippen molar-refractivity contribution >= 4 is 43.5 Å². The van der Waals surface area contributed by atoms with Crippen molar-refractivity contribution in [2.45, 2.75) is 31.3 Å². The molecule has 0 unspecified atom stereocenters. The van der Waals surface area contributed by atoms with Gasteiger partial charge in [0.15, 0.2) is 9.84 Å². The lowest BCUT2D eigenvalue weighted by atomic mass is 10.2. The standard InChI is InChI=1S/C13H17BrClNO4S/c1-13(2,3)20-12(17)16-6-7-21(18,19)11-5-4-9(14)8-10(11)15/h4-5,8H,6-7H2,1-3H3,(H,16,17). The van der Waals surface area contributed by atoms with Crippen molar-refractivity contribution in [1.29, 1.82) is 0 Å². The minimum Gasteiger partial charge on any atom is -0.444 e. The van der Waals surface area contributed by atoms with Crippen molar-refractivity contribution in [3.63, 3.8) is 0 Å². The number of sulfone groups is 1. The molecule has 118 valence electrons. The number of carbonyl (C=O) groups is 1. The van der Waals surface area contributed by atoms with Gasteiger partial charge in [0.2, 0.25) is 0 Å². The van der Waals surface area contributed by atoms with Gasteiger partial charge in [-0.2, -0.15) is 0 Å². The molecule has 0 saturated heterocycles. The summed E-state index contributed by atoms with van der Waals surface area (Å²) >= 11 is 9.13. The lowest BCUT2D eigenvalue weighted by molar-refractivity contribution is 0.0531. The second kappa shape index (κ2) is 6.98.